The number of hydrogen-bond donors (Lipinski definition) is 2. The van der Waals surface area contributed by atoms with E-state index in [0.29, 0.717) is 24.4 Å². The first kappa shape index (κ1) is 15.6. The van der Waals surface area contributed by atoms with Crippen molar-refractivity contribution in [2.75, 3.05) is 12.3 Å². The van der Waals surface area contributed by atoms with Gasteiger partial charge in [0.2, 0.25) is 6.41 Å². The fraction of sp³-hybridized carbons (Fsp3) is 0.250. The van der Waals surface area contributed by atoms with Gasteiger partial charge in [0.1, 0.15) is 11.3 Å². The maximum Gasteiger partial charge on any atom is 0.210 e. The van der Waals surface area contributed by atoms with Gasteiger partial charge in [-0.25, -0.2) is 9.97 Å². The van der Waals surface area contributed by atoms with E-state index in [0.717, 1.165) is 38.5 Å². The smallest absolute Gasteiger partial charge is 0.210 e. The second-order valence-electron chi connectivity index (χ2n) is 5.75. The monoisotopic (exact) mass is 355 g/mol. The Labute approximate surface area is 147 Å². The number of anilines is 1. The lowest BCUT2D eigenvalue weighted by Crippen LogP contribution is -2.22. The Balaban J connectivity index is 1.93. The van der Waals surface area contributed by atoms with Crippen molar-refractivity contribution < 1.29 is 4.79 Å². The first-order chi connectivity index (χ1) is 12.1. The Morgan fingerprint density at radius 1 is 1.44 bits per heavy atom. The minimum atomic E-state index is 0.396. The van der Waals surface area contributed by atoms with Gasteiger partial charge in [-0.05, 0) is 19.1 Å². The van der Waals surface area contributed by atoms with Crippen molar-refractivity contribution in [2.45, 2.75) is 13.5 Å². The number of nitrogens with zero attached hydrogens (tertiary/aromatic N) is 5. The Bertz CT molecular complexity index is 1060. The lowest BCUT2D eigenvalue weighted by Gasteiger charge is -2.13. The van der Waals surface area contributed by atoms with Gasteiger partial charge >= 0.3 is 0 Å². The van der Waals surface area contributed by atoms with Crippen LogP contribution in [0, 0.1) is 0 Å². The van der Waals surface area contributed by atoms with Gasteiger partial charge < -0.3 is 15.2 Å². The van der Waals surface area contributed by atoms with E-state index in [1.807, 2.05) is 30.7 Å². The van der Waals surface area contributed by atoms with E-state index in [2.05, 4.69) is 20.2 Å². The minimum absolute atomic E-state index is 0.396. The predicted octanol–water partition coefficient (Wildman–Crippen LogP) is 2.13. The standard InChI is InChI=1S/C16H17N7OS/c1-3-23(8-24)7-12-20-13-14(22(12)2)15-10(19-16(13)17)6-11(25-15)9-4-5-18-21-9/h4-6,8H,3,7H2,1-2H3,(H2,17,19)(H,18,21). The molecule has 0 fully saturated rings. The highest BCUT2D eigenvalue weighted by Crippen LogP contribution is 2.37. The summed E-state index contributed by atoms with van der Waals surface area (Å²) >= 11 is 1.62. The van der Waals surface area contributed by atoms with Crippen LogP contribution in [0.5, 0.6) is 0 Å². The summed E-state index contributed by atoms with van der Waals surface area (Å²) in [5.41, 5.74) is 9.52. The van der Waals surface area contributed by atoms with Gasteiger partial charge in [0.15, 0.2) is 5.82 Å². The number of carbonyl (C=O) groups excluding carboxylic acids is 1. The normalized spacial score (nSPS) is 11.4. The molecule has 0 aromatic carbocycles. The highest BCUT2D eigenvalue weighted by molar-refractivity contribution is 7.23. The fourth-order valence-corrected chi connectivity index (χ4v) is 4.03. The van der Waals surface area contributed by atoms with Crippen molar-refractivity contribution >= 4 is 44.8 Å². The number of pyridine rings is 1. The Morgan fingerprint density at radius 3 is 2.96 bits per heavy atom. The number of carbonyl (C=O) groups is 1. The number of rotatable bonds is 5. The van der Waals surface area contributed by atoms with Gasteiger partial charge in [0, 0.05) is 19.8 Å². The maximum atomic E-state index is 11.1. The predicted molar refractivity (Wildman–Crippen MR) is 98.0 cm³/mol. The Morgan fingerprint density at radius 2 is 2.28 bits per heavy atom. The van der Waals surface area contributed by atoms with Gasteiger partial charge in [0.25, 0.3) is 0 Å². The number of aryl methyl sites for hydroxylation is 1. The number of imidazole rings is 1. The van der Waals surface area contributed by atoms with E-state index in [-0.39, 0.29) is 0 Å². The summed E-state index contributed by atoms with van der Waals surface area (Å²) in [7, 11) is 1.94. The molecule has 4 rings (SSSR count). The van der Waals surface area contributed by atoms with Crippen LogP contribution in [-0.4, -0.2) is 42.6 Å². The number of thiophene rings is 1. The molecule has 0 saturated heterocycles. The average molecular weight is 355 g/mol. The molecule has 9 heteroatoms. The van der Waals surface area contributed by atoms with Crippen LogP contribution in [-0.2, 0) is 18.4 Å². The molecule has 3 N–H and O–H groups in total. The molecule has 0 unspecified atom stereocenters. The average Bonchev–Trinajstić information content (AvgIpc) is 3.32. The maximum absolute atomic E-state index is 11.1. The number of nitrogens with one attached hydrogen (secondary N) is 1. The summed E-state index contributed by atoms with van der Waals surface area (Å²) in [6.07, 6.45) is 2.55. The molecule has 1 amide bonds. The van der Waals surface area contributed by atoms with E-state index < -0.39 is 0 Å². The van der Waals surface area contributed by atoms with Crippen molar-refractivity contribution in [3.63, 3.8) is 0 Å². The first-order valence-corrected chi connectivity index (χ1v) is 8.67. The number of nitrogens with two attached hydrogens (primary N) is 1. The van der Waals surface area contributed by atoms with Crippen LogP contribution in [0.3, 0.4) is 0 Å². The lowest BCUT2D eigenvalue weighted by atomic mass is 10.3. The first-order valence-electron chi connectivity index (χ1n) is 7.85. The van der Waals surface area contributed by atoms with E-state index in [4.69, 9.17) is 5.73 Å². The molecule has 0 spiro atoms. The largest absolute Gasteiger partial charge is 0.382 e. The highest BCUT2D eigenvalue weighted by atomic mass is 32.1. The molecule has 0 bridgehead atoms. The number of amides is 1. The molecule has 25 heavy (non-hydrogen) atoms. The third-order valence-electron chi connectivity index (χ3n) is 4.26. The van der Waals surface area contributed by atoms with Gasteiger partial charge in [-0.1, -0.05) is 0 Å². The van der Waals surface area contributed by atoms with Crippen LogP contribution in [0.25, 0.3) is 31.8 Å². The van der Waals surface area contributed by atoms with Crippen molar-refractivity contribution in [1.82, 2.24) is 29.6 Å². The second-order valence-corrected chi connectivity index (χ2v) is 6.80. The third-order valence-corrected chi connectivity index (χ3v) is 5.43. The fourth-order valence-electron chi connectivity index (χ4n) is 2.87. The summed E-state index contributed by atoms with van der Waals surface area (Å²) < 4.78 is 3.01. The van der Waals surface area contributed by atoms with E-state index in [1.54, 1.807) is 22.4 Å². The van der Waals surface area contributed by atoms with E-state index >= 15 is 0 Å². The van der Waals surface area contributed by atoms with Crippen molar-refractivity contribution in [2.24, 2.45) is 7.05 Å². The Hall–Kier alpha value is -2.94. The minimum Gasteiger partial charge on any atom is -0.382 e. The molecule has 0 radical (unpaired) electrons. The number of H-pyrrole nitrogens is 1. The highest BCUT2D eigenvalue weighted by Gasteiger charge is 2.19. The zero-order valence-corrected chi connectivity index (χ0v) is 14.7. The SMILES string of the molecule is CCN(C=O)Cc1nc2c(N)nc3cc(-c4ccn[nH]4)sc3c2n1C. The molecule has 4 heterocycles. The molecule has 0 saturated carbocycles. The lowest BCUT2D eigenvalue weighted by molar-refractivity contribution is -0.118. The molecular weight excluding hydrogens is 338 g/mol. The molecule has 4 aromatic heterocycles. The number of aromatic amines is 1. The van der Waals surface area contributed by atoms with Crippen molar-refractivity contribution in [3.8, 4) is 10.6 Å². The van der Waals surface area contributed by atoms with Gasteiger partial charge in [-0.15, -0.1) is 11.3 Å². The molecule has 0 atom stereocenters. The molecule has 0 aliphatic carbocycles. The van der Waals surface area contributed by atoms with Crippen molar-refractivity contribution in [1.29, 1.82) is 0 Å². The summed E-state index contributed by atoms with van der Waals surface area (Å²) in [5.74, 6) is 1.17. The third kappa shape index (κ3) is 2.43. The van der Waals surface area contributed by atoms with Crippen LogP contribution < -0.4 is 5.73 Å². The second kappa shape index (κ2) is 5.85. The molecule has 0 aliphatic rings. The Kier molecular flexibility index (Phi) is 3.65. The summed E-state index contributed by atoms with van der Waals surface area (Å²) in [4.78, 5) is 23.0. The van der Waals surface area contributed by atoms with E-state index in [1.165, 1.54) is 0 Å². The topological polar surface area (TPSA) is 106 Å². The zero-order chi connectivity index (χ0) is 17.6. The molecule has 128 valence electrons. The number of nitrogen functional groups attached to an aromatic ring is 1. The quantitative estimate of drug-likeness (QED) is 0.534. The molecule has 8 nitrogen and oxygen atoms in total. The number of hydrogen-bond acceptors (Lipinski definition) is 6. The van der Waals surface area contributed by atoms with Gasteiger partial charge in [0.05, 0.1) is 32.8 Å². The number of aromatic nitrogens is 5. The summed E-state index contributed by atoms with van der Waals surface area (Å²) in [6, 6.07) is 3.92. The van der Waals surface area contributed by atoms with Crippen LogP contribution >= 0.6 is 11.3 Å². The zero-order valence-electron chi connectivity index (χ0n) is 13.9. The number of fused-ring (bicyclic) bond motifs is 3. The van der Waals surface area contributed by atoms with Gasteiger partial charge in [-0.3, -0.25) is 9.89 Å². The summed E-state index contributed by atoms with van der Waals surface area (Å²) in [6.45, 7) is 2.99. The van der Waals surface area contributed by atoms with Gasteiger partial charge in [-0.2, -0.15) is 5.10 Å². The van der Waals surface area contributed by atoms with Crippen molar-refractivity contribution in [3.05, 3.63) is 24.2 Å². The molecule has 4 aromatic rings. The van der Waals surface area contributed by atoms with E-state index in [9.17, 15) is 4.79 Å². The van der Waals surface area contributed by atoms with Crippen LogP contribution in [0.4, 0.5) is 5.82 Å². The van der Waals surface area contributed by atoms with Crippen LogP contribution in [0.2, 0.25) is 0 Å². The van der Waals surface area contributed by atoms with Crippen LogP contribution in [0.1, 0.15) is 12.7 Å². The molecular formula is C16H17N7OS. The van der Waals surface area contributed by atoms with Crippen LogP contribution in [0.15, 0.2) is 18.3 Å². The molecule has 0 aliphatic heterocycles. The summed E-state index contributed by atoms with van der Waals surface area (Å²) in [5, 5.41) is 6.97.